The van der Waals surface area contributed by atoms with Crippen molar-refractivity contribution in [3.05, 3.63) is 66.2 Å². The van der Waals surface area contributed by atoms with Crippen molar-refractivity contribution < 1.29 is 14.3 Å². The minimum Gasteiger partial charge on any atom is -0.483 e. The van der Waals surface area contributed by atoms with E-state index in [9.17, 15) is 9.59 Å². The predicted molar refractivity (Wildman–Crippen MR) is 100 cm³/mol. The van der Waals surface area contributed by atoms with Crippen LogP contribution in [0.5, 0.6) is 5.75 Å². The quantitative estimate of drug-likeness (QED) is 0.769. The Morgan fingerprint density at radius 3 is 2.54 bits per heavy atom. The first-order valence-electron chi connectivity index (χ1n) is 8.14. The fourth-order valence-electron chi connectivity index (χ4n) is 2.37. The molecule has 0 fully saturated rings. The number of ether oxygens (including phenoxy) is 1. The summed E-state index contributed by atoms with van der Waals surface area (Å²) < 4.78 is 5.52. The smallest absolute Gasteiger partial charge is 0.260 e. The lowest BCUT2D eigenvalue weighted by atomic mass is 10.2. The molecule has 1 N–H and O–H groups in total. The lowest BCUT2D eigenvalue weighted by molar-refractivity contribution is -0.130. The first kappa shape index (κ1) is 17.4. The van der Waals surface area contributed by atoms with E-state index < -0.39 is 0 Å². The summed E-state index contributed by atoms with van der Waals surface area (Å²) in [6.45, 7) is -0.133. The van der Waals surface area contributed by atoms with Crippen LogP contribution < -0.4 is 10.1 Å². The number of nitrogens with zero attached hydrogens (tertiary/aromatic N) is 2. The van der Waals surface area contributed by atoms with Gasteiger partial charge in [0, 0.05) is 19.5 Å². The Hall–Kier alpha value is -3.41. The number of carbonyl (C=O) groups excluding carboxylic acids is 2. The van der Waals surface area contributed by atoms with Gasteiger partial charge < -0.3 is 15.0 Å². The van der Waals surface area contributed by atoms with E-state index in [0.29, 0.717) is 17.1 Å². The van der Waals surface area contributed by atoms with Gasteiger partial charge in [-0.25, -0.2) is 4.98 Å². The molecule has 0 aliphatic carbocycles. The number of hydrogen-bond donors (Lipinski definition) is 1. The Kier molecular flexibility index (Phi) is 5.12. The van der Waals surface area contributed by atoms with Crippen molar-refractivity contribution >= 4 is 28.5 Å². The van der Waals surface area contributed by atoms with Crippen molar-refractivity contribution in [3.8, 4) is 5.75 Å². The molecule has 3 aromatic rings. The standard InChI is InChI=1S/C20H19N3O3/c1-23(2)19(24)13-26-17-10-6-4-8-15(17)20(25)22-18-12-11-14-7-3-5-9-16(14)21-18/h3-12H,13H2,1-2H3,(H,21,22,25). The fraction of sp³-hybridized carbons (Fsp3) is 0.150. The summed E-state index contributed by atoms with van der Waals surface area (Å²) in [7, 11) is 3.30. The predicted octanol–water partition coefficient (Wildman–Crippen LogP) is 2.95. The number of aromatic nitrogens is 1. The lowest BCUT2D eigenvalue weighted by Crippen LogP contribution is -2.28. The number of carbonyl (C=O) groups is 2. The first-order valence-corrected chi connectivity index (χ1v) is 8.14. The zero-order chi connectivity index (χ0) is 18.5. The van der Waals surface area contributed by atoms with Crippen molar-refractivity contribution in [2.75, 3.05) is 26.0 Å². The molecule has 2 amide bonds. The van der Waals surface area contributed by atoms with Crippen LogP contribution in [0.1, 0.15) is 10.4 Å². The molecule has 2 aromatic carbocycles. The Labute approximate surface area is 151 Å². The summed E-state index contributed by atoms with van der Waals surface area (Å²) in [6, 6.07) is 18.1. The topological polar surface area (TPSA) is 71.5 Å². The summed E-state index contributed by atoms with van der Waals surface area (Å²) in [4.78, 5) is 30.2. The number of anilines is 1. The molecule has 132 valence electrons. The van der Waals surface area contributed by atoms with Gasteiger partial charge in [0.05, 0.1) is 11.1 Å². The maximum absolute atomic E-state index is 12.6. The molecule has 0 bridgehead atoms. The minimum atomic E-state index is -0.347. The van der Waals surface area contributed by atoms with Crippen LogP contribution in [-0.2, 0) is 4.79 Å². The highest BCUT2D eigenvalue weighted by Crippen LogP contribution is 2.20. The SMILES string of the molecule is CN(C)C(=O)COc1ccccc1C(=O)Nc1ccc2ccccc2n1. The molecule has 0 spiro atoms. The number of benzene rings is 2. The van der Waals surface area contributed by atoms with Crippen LogP contribution in [0.4, 0.5) is 5.82 Å². The molecule has 6 heteroatoms. The Morgan fingerprint density at radius 1 is 1.00 bits per heavy atom. The van der Waals surface area contributed by atoms with Gasteiger partial charge in [-0.3, -0.25) is 9.59 Å². The Balaban J connectivity index is 1.77. The van der Waals surface area contributed by atoms with E-state index in [2.05, 4.69) is 10.3 Å². The summed E-state index contributed by atoms with van der Waals surface area (Å²) in [5.41, 5.74) is 1.14. The second-order valence-corrected chi connectivity index (χ2v) is 5.92. The van der Waals surface area contributed by atoms with Gasteiger partial charge in [0.1, 0.15) is 11.6 Å². The Bertz CT molecular complexity index is 954. The zero-order valence-electron chi connectivity index (χ0n) is 14.6. The second-order valence-electron chi connectivity index (χ2n) is 5.92. The highest BCUT2D eigenvalue weighted by atomic mass is 16.5. The summed E-state index contributed by atoms with van der Waals surface area (Å²) in [5, 5.41) is 3.77. The molecule has 0 radical (unpaired) electrons. The largest absolute Gasteiger partial charge is 0.483 e. The molecule has 3 rings (SSSR count). The van der Waals surface area contributed by atoms with Gasteiger partial charge in [-0.05, 0) is 30.3 Å². The number of fused-ring (bicyclic) bond motifs is 1. The van der Waals surface area contributed by atoms with E-state index in [1.165, 1.54) is 4.90 Å². The van der Waals surface area contributed by atoms with E-state index in [1.54, 1.807) is 44.4 Å². The van der Waals surface area contributed by atoms with Crippen LogP contribution in [0.25, 0.3) is 10.9 Å². The number of amides is 2. The van der Waals surface area contributed by atoms with E-state index in [4.69, 9.17) is 4.74 Å². The monoisotopic (exact) mass is 349 g/mol. The molecule has 0 aliphatic heterocycles. The van der Waals surface area contributed by atoms with Crippen LogP contribution in [0, 0.1) is 0 Å². The Morgan fingerprint density at radius 2 is 1.73 bits per heavy atom. The number of pyridine rings is 1. The van der Waals surface area contributed by atoms with Crippen LogP contribution in [0.2, 0.25) is 0 Å². The molecular weight excluding hydrogens is 330 g/mol. The molecule has 6 nitrogen and oxygen atoms in total. The van der Waals surface area contributed by atoms with E-state index >= 15 is 0 Å². The summed E-state index contributed by atoms with van der Waals surface area (Å²) in [5.74, 6) is 0.269. The summed E-state index contributed by atoms with van der Waals surface area (Å²) in [6.07, 6.45) is 0. The molecule has 0 atom stereocenters. The van der Waals surface area contributed by atoms with Gasteiger partial charge >= 0.3 is 0 Å². The van der Waals surface area contributed by atoms with Crippen molar-refractivity contribution in [2.24, 2.45) is 0 Å². The average Bonchev–Trinajstić information content (AvgIpc) is 2.66. The average molecular weight is 349 g/mol. The maximum atomic E-state index is 12.6. The number of para-hydroxylation sites is 2. The normalized spacial score (nSPS) is 10.4. The highest BCUT2D eigenvalue weighted by molar-refractivity contribution is 6.06. The van der Waals surface area contributed by atoms with Gasteiger partial charge in [0.2, 0.25) is 0 Å². The molecule has 26 heavy (non-hydrogen) atoms. The van der Waals surface area contributed by atoms with Gasteiger partial charge in [0.15, 0.2) is 6.61 Å². The van der Waals surface area contributed by atoms with Gasteiger partial charge in [-0.1, -0.05) is 30.3 Å². The third kappa shape index (κ3) is 3.97. The number of nitrogens with one attached hydrogen (secondary N) is 1. The zero-order valence-corrected chi connectivity index (χ0v) is 14.6. The fourth-order valence-corrected chi connectivity index (χ4v) is 2.37. The molecule has 0 saturated heterocycles. The van der Waals surface area contributed by atoms with Crippen LogP contribution >= 0.6 is 0 Å². The van der Waals surface area contributed by atoms with Crippen LogP contribution in [-0.4, -0.2) is 42.4 Å². The van der Waals surface area contributed by atoms with E-state index in [1.807, 2.05) is 30.3 Å². The molecular formula is C20H19N3O3. The lowest BCUT2D eigenvalue weighted by Gasteiger charge is -2.14. The van der Waals surface area contributed by atoms with Crippen molar-refractivity contribution in [3.63, 3.8) is 0 Å². The third-order valence-electron chi connectivity index (χ3n) is 3.82. The highest BCUT2D eigenvalue weighted by Gasteiger charge is 2.14. The van der Waals surface area contributed by atoms with Crippen molar-refractivity contribution in [2.45, 2.75) is 0 Å². The van der Waals surface area contributed by atoms with Gasteiger partial charge in [-0.15, -0.1) is 0 Å². The number of rotatable bonds is 5. The molecule has 1 aromatic heterocycles. The molecule has 0 saturated carbocycles. The summed E-state index contributed by atoms with van der Waals surface area (Å²) >= 11 is 0. The van der Waals surface area contributed by atoms with Crippen LogP contribution in [0.3, 0.4) is 0 Å². The van der Waals surface area contributed by atoms with Crippen molar-refractivity contribution in [1.29, 1.82) is 0 Å². The molecule has 0 unspecified atom stereocenters. The maximum Gasteiger partial charge on any atom is 0.260 e. The number of likely N-dealkylation sites (N-methyl/N-ethyl adjacent to an activating group) is 1. The minimum absolute atomic E-state index is 0.133. The third-order valence-corrected chi connectivity index (χ3v) is 3.82. The first-order chi connectivity index (χ1) is 12.5. The van der Waals surface area contributed by atoms with Gasteiger partial charge in [0.25, 0.3) is 11.8 Å². The molecule has 1 heterocycles. The van der Waals surface area contributed by atoms with Gasteiger partial charge in [-0.2, -0.15) is 0 Å². The van der Waals surface area contributed by atoms with Crippen LogP contribution in [0.15, 0.2) is 60.7 Å². The van der Waals surface area contributed by atoms with E-state index in [-0.39, 0.29) is 18.4 Å². The number of hydrogen-bond acceptors (Lipinski definition) is 4. The second kappa shape index (κ2) is 7.65. The van der Waals surface area contributed by atoms with E-state index in [0.717, 1.165) is 10.9 Å². The van der Waals surface area contributed by atoms with Crippen molar-refractivity contribution in [1.82, 2.24) is 9.88 Å². The molecule has 0 aliphatic rings.